The summed E-state index contributed by atoms with van der Waals surface area (Å²) in [6.07, 6.45) is 6.49. The maximum atomic E-state index is 13.1. The number of unbranched alkanes of at least 4 members (excludes halogenated alkanes) is 1. The Morgan fingerprint density at radius 3 is 2.48 bits per heavy atom. The largest absolute Gasteiger partial charge is 0.481 e. The van der Waals surface area contributed by atoms with Gasteiger partial charge in [0.2, 0.25) is 0 Å². The molecule has 0 bridgehead atoms. The molecule has 2 N–H and O–H groups in total. The van der Waals surface area contributed by atoms with Gasteiger partial charge in [-0.3, -0.25) is 9.59 Å². The quantitative estimate of drug-likeness (QED) is 0.260. The third-order valence-electron chi connectivity index (χ3n) is 7.13. The number of carboxylic acid groups (broad SMARTS) is 1. The number of ether oxygens (including phenoxy) is 1. The summed E-state index contributed by atoms with van der Waals surface area (Å²) in [4.78, 5) is 23.7. The minimum atomic E-state index is -0.792. The van der Waals surface area contributed by atoms with Crippen LogP contribution in [-0.2, 0) is 9.53 Å². The first-order chi connectivity index (χ1) is 14.9. The zero-order valence-corrected chi connectivity index (χ0v) is 19.2. The molecule has 2 aliphatic carbocycles. The third kappa shape index (κ3) is 5.68. The zero-order chi connectivity index (χ0) is 22.4. The van der Waals surface area contributed by atoms with Crippen molar-refractivity contribution in [3.8, 4) is 0 Å². The van der Waals surface area contributed by atoms with Gasteiger partial charge in [-0.1, -0.05) is 44.0 Å². The van der Waals surface area contributed by atoms with Crippen molar-refractivity contribution in [1.82, 2.24) is 0 Å². The van der Waals surface area contributed by atoms with Crippen LogP contribution in [0.1, 0.15) is 86.6 Å². The molecule has 0 spiro atoms. The molecule has 6 heteroatoms. The van der Waals surface area contributed by atoms with Gasteiger partial charge in [-0.2, -0.15) is 0 Å². The number of ketones is 1. The molecule has 0 radical (unpaired) electrons. The van der Waals surface area contributed by atoms with Gasteiger partial charge in [0.25, 0.3) is 0 Å². The van der Waals surface area contributed by atoms with E-state index in [-0.39, 0.29) is 34.8 Å². The maximum Gasteiger partial charge on any atom is 0.303 e. The van der Waals surface area contributed by atoms with Gasteiger partial charge in [-0.05, 0) is 44.1 Å². The number of aliphatic carboxylic acids is 1. The summed E-state index contributed by atoms with van der Waals surface area (Å²) in [5, 5.41) is 19.2. The molecule has 2 unspecified atom stereocenters. The predicted octanol–water partition coefficient (Wildman–Crippen LogP) is 5.18. The summed E-state index contributed by atoms with van der Waals surface area (Å²) in [6.45, 7) is 3.06. The molecule has 2 aliphatic rings. The van der Waals surface area contributed by atoms with Crippen LogP contribution < -0.4 is 0 Å². The molecule has 0 amide bonds. The van der Waals surface area contributed by atoms with Crippen molar-refractivity contribution in [2.45, 2.75) is 82.1 Å². The van der Waals surface area contributed by atoms with Crippen LogP contribution in [0, 0.1) is 11.3 Å². The van der Waals surface area contributed by atoms with E-state index in [0.717, 1.165) is 43.2 Å². The van der Waals surface area contributed by atoms with Crippen LogP contribution in [0.2, 0.25) is 0 Å². The predicted molar refractivity (Wildman–Crippen MR) is 121 cm³/mol. The summed E-state index contributed by atoms with van der Waals surface area (Å²) >= 11 is 6.53. The zero-order valence-electron chi connectivity index (χ0n) is 18.4. The lowest BCUT2D eigenvalue weighted by atomic mass is 9.62. The fraction of sp³-hybridized carbons (Fsp3) is 0.680. The molecule has 0 aliphatic heterocycles. The molecular weight excluding hydrogens is 416 g/mol. The Labute approximate surface area is 190 Å². The molecule has 4 atom stereocenters. The molecule has 2 saturated carbocycles. The minimum absolute atomic E-state index is 0.0178. The molecular formula is C25H35ClO5. The first-order valence-electron chi connectivity index (χ1n) is 11.6. The van der Waals surface area contributed by atoms with Crippen molar-refractivity contribution in [2.75, 3.05) is 13.2 Å². The number of Topliss-reactive ketones (excluding diaryl/α,β-unsaturated/α-hetero) is 1. The van der Waals surface area contributed by atoms with Crippen LogP contribution >= 0.6 is 11.6 Å². The number of carbonyl (C=O) groups is 2. The number of benzene rings is 1. The van der Waals surface area contributed by atoms with Crippen LogP contribution in [0.4, 0.5) is 0 Å². The van der Waals surface area contributed by atoms with Crippen LogP contribution in [0.5, 0.6) is 0 Å². The van der Waals surface area contributed by atoms with E-state index in [1.807, 2.05) is 24.3 Å². The second-order valence-electron chi connectivity index (χ2n) is 9.27. The maximum absolute atomic E-state index is 13.1. The fourth-order valence-electron chi connectivity index (χ4n) is 5.28. The van der Waals surface area contributed by atoms with Crippen molar-refractivity contribution in [1.29, 1.82) is 0 Å². The molecule has 31 heavy (non-hydrogen) atoms. The highest BCUT2D eigenvalue weighted by molar-refractivity contribution is 6.21. The van der Waals surface area contributed by atoms with Gasteiger partial charge in [0.15, 0.2) is 5.78 Å². The van der Waals surface area contributed by atoms with Gasteiger partial charge in [0.1, 0.15) is 0 Å². The van der Waals surface area contributed by atoms with Crippen molar-refractivity contribution in [2.24, 2.45) is 11.3 Å². The van der Waals surface area contributed by atoms with E-state index in [0.29, 0.717) is 32.5 Å². The fourth-order valence-corrected chi connectivity index (χ4v) is 5.69. The third-order valence-corrected chi connectivity index (χ3v) is 7.63. The smallest absolute Gasteiger partial charge is 0.303 e. The highest BCUT2D eigenvalue weighted by Crippen LogP contribution is 2.48. The average Bonchev–Trinajstić information content (AvgIpc) is 2.99. The second kappa shape index (κ2) is 10.9. The summed E-state index contributed by atoms with van der Waals surface area (Å²) in [7, 11) is 0. The normalized spacial score (nSPS) is 27.1. The van der Waals surface area contributed by atoms with E-state index in [9.17, 15) is 14.7 Å². The topological polar surface area (TPSA) is 83.8 Å². The van der Waals surface area contributed by atoms with E-state index in [4.69, 9.17) is 21.4 Å². The Morgan fingerprint density at radius 1 is 1.19 bits per heavy atom. The highest BCUT2D eigenvalue weighted by Gasteiger charge is 2.44. The molecule has 5 nitrogen and oxygen atoms in total. The van der Waals surface area contributed by atoms with E-state index >= 15 is 0 Å². The van der Waals surface area contributed by atoms with E-state index in [1.165, 1.54) is 0 Å². The number of halogens is 1. The SMILES string of the molecule is CCCC1(C(=O)c2ccc(C3C(COCCCCC(=O)O)[C@H](Cl)C[C@H]3O)cc2)CCC1. The number of hydrogen-bond acceptors (Lipinski definition) is 4. The van der Waals surface area contributed by atoms with Crippen LogP contribution in [0.25, 0.3) is 0 Å². The van der Waals surface area contributed by atoms with Gasteiger partial charge in [0.05, 0.1) is 12.7 Å². The summed E-state index contributed by atoms with van der Waals surface area (Å²) in [6, 6.07) is 7.75. The second-order valence-corrected chi connectivity index (χ2v) is 9.83. The molecule has 172 valence electrons. The molecule has 3 rings (SSSR count). The Hall–Kier alpha value is -1.43. The lowest BCUT2D eigenvalue weighted by molar-refractivity contribution is -0.137. The number of rotatable bonds is 12. The standard InChI is InChI=1S/C25H35ClO5/c1-2-11-25(12-5-13-25)24(30)18-9-7-17(8-10-18)23-19(20(26)15-21(23)27)16-31-14-4-3-6-22(28)29/h7-10,19-21,23,27H,2-6,11-16H2,1H3,(H,28,29)/t19?,20-,21-,23?/m1/s1. The van der Waals surface area contributed by atoms with Gasteiger partial charge in [-0.25, -0.2) is 0 Å². The van der Waals surface area contributed by atoms with E-state index in [2.05, 4.69) is 6.92 Å². The van der Waals surface area contributed by atoms with Gasteiger partial charge >= 0.3 is 5.97 Å². The highest BCUT2D eigenvalue weighted by atomic mass is 35.5. The van der Waals surface area contributed by atoms with Crippen LogP contribution in [-0.4, -0.2) is 46.7 Å². The summed E-state index contributed by atoms with van der Waals surface area (Å²) < 4.78 is 5.78. The lowest BCUT2D eigenvalue weighted by Crippen LogP contribution is -2.38. The molecule has 1 aromatic carbocycles. The molecule has 0 heterocycles. The Balaban J connectivity index is 1.61. The van der Waals surface area contributed by atoms with E-state index in [1.54, 1.807) is 0 Å². The van der Waals surface area contributed by atoms with Crippen LogP contribution in [0.3, 0.4) is 0 Å². The van der Waals surface area contributed by atoms with Crippen molar-refractivity contribution >= 4 is 23.4 Å². The van der Waals surface area contributed by atoms with Crippen molar-refractivity contribution in [3.05, 3.63) is 35.4 Å². The number of aliphatic hydroxyl groups excluding tert-OH is 1. The lowest BCUT2D eigenvalue weighted by Gasteiger charge is -2.40. The molecule has 0 saturated heterocycles. The molecule has 0 aromatic heterocycles. The first kappa shape index (κ1) is 24.2. The average molecular weight is 451 g/mol. The van der Waals surface area contributed by atoms with Gasteiger partial charge < -0.3 is 14.9 Å². The number of carbonyl (C=O) groups excluding carboxylic acids is 1. The molecule has 1 aromatic rings. The minimum Gasteiger partial charge on any atom is -0.481 e. The van der Waals surface area contributed by atoms with Crippen molar-refractivity contribution < 1.29 is 24.5 Å². The van der Waals surface area contributed by atoms with Crippen LogP contribution in [0.15, 0.2) is 24.3 Å². The number of hydrogen-bond donors (Lipinski definition) is 2. The van der Waals surface area contributed by atoms with Gasteiger partial charge in [0, 0.05) is 41.2 Å². The summed E-state index contributed by atoms with van der Waals surface area (Å²) in [5.41, 5.74) is 1.59. The van der Waals surface area contributed by atoms with Crippen molar-refractivity contribution in [3.63, 3.8) is 0 Å². The Bertz CT molecular complexity index is 743. The molecule has 2 fully saturated rings. The number of aliphatic hydroxyl groups is 1. The summed E-state index contributed by atoms with van der Waals surface area (Å²) in [5.74, 6) is -0.676. The number of carboxylic acids is 1. The Kier molecular flexibility index (Phi) is 8.54. The van der Waals surface area contributed by atoms with E-state index < -0.39 is 12.1 Å². The monoisotopic (exact) mass is 450 g/mol. The Morgan fingerprint density at radius 2 is 1.90 bits per heavy atom. The first-order valence-corrected chi connectivity index (χ1v) is 12.1. The van der Waals surface area contributed by atoms with Gasteiger partial charge in [-0.15, -0.1) is 11.6 Å². The number of alkyl halides is 1.